The van der Waals surface area contributed by atoms with Gasteiger partial charge in [-0.15, -0.1) is 0 Å². The lowest BCUT2D eigenvalue weighted by molar-refractivity contribution is 0.0953. The Bertz CT molecular complexity index is 623. The molecule has 0 aliphatic heterocycles. The molecule has 0 aliphatic carbocycles. The lowest BCUT2D eigenvalue weighted by atomic mass is 10.1. The highest BCUT2D eigenvalue weighted by Crippen LogP contribution is 2.22. The van der Waals surface area contributed by atoms with E-state index in [9.17, 15) is 4.79 Å². The minimum absolute atomic E-state index is 0.156. The van der Waals surface area contributed by atoms with E-state index in [1.54, 1.807) is 32.4 Å². The molecule has 1 heterocycles. The van der Waals surface area contributed by atoms with Crippen molar-refractivity contribution >= 4 is 5.91 Å². The number of rotatable bonds is 6. The van der Waals surface area contributed by atoms with Crippen LogP contribution >= 0.6 is 0 Å². The maximum absolute atomic E-state index is 12.2. The third-order valence-corrected chi connectivity index (χ3v) is 3.55. The van der Waals surface area contributed by atoms with Crippen LogP contribution in [-0.2, 0) is 6.42 Å². The van der Waals surface area contributed by atoms with Crippen LogP contribution in [0.3, 0.4) is 0 Å². The first-order valence-electron chi connectivity index (χ1n) is 7.07. The molecule has 118 valence electrons. The molecule has 1 amide bonds. The van der Waals surface area contributed by atoms with Crippen molar-refractivity contribution in [2.75, 3.05) is 20.8 Å². The highest BCUT2D eigenvalue weighted by molar-refractivity contribution is 5.95. The van der Waals surface area contributed by atoms with Gasteiger partial charge >= 0.3 is 0 Å². The molecule has 1 aromatic heterocycles. The normalized spacial score (nSPS) is 10.4. The van der Waals surface area contributed by atoms with Gasteiger partial charge in [-0.1, -0.05) is 0 Å². The summed E-state index contributed by atoms with van der Waals surface area (Å²) < 4.78 is 10.3. The number of ether oxygens (including phenoxy) is 2. The minimum atomic E-state index is -0.156. The van der Waals surface area contributed by atoms with Crippen molar-refractivity contribution in [3.63, 3.8) is 0 Å². The van der Waals surface area contributed by atoms with E-state index in [4.69, 9.17) is 9.47 Å². The predicted octanol–water partition coefficient (Wildman–Crippen LogP) is 2.02. The summed E-state index contributed by atoms with van der Waals surface area (Å²) in [5.41, 5.74) is 3.66. The number of nitrogens with one attached hydrogen (secondary N) is 2. The van der Waals surface area contributed by atoms with Gasteiger partial charge in [-0.2, -0.15) is 5.10 Å². The number of benzene rings is 1. The Hall–Kier alpha value is -2.50. The number of carbonyl (C=O) groups is 1. The smallest absolute Gasteiger partial charge is 0.251 e. The Morgan fingerprint density at radius 1 is 1.18 bits per heavy atom. The van der Waals surface area contributed by atoms with Crippen LogP contribution in [0.2, 0.25) is 0 Å². The van der Waals surface area contributed by atoms with Gasteiger partial charge in [0.15, 0.2) is 0 Å². The zero-order valence-electron chi connectivity index (χ0n) is 13.3. The summed E-state index contributed by atoms with van der Waals surface area (Å²) in [6.45, 7) is 4.47. The zero-order chi connectivity index (χ0) is 16.1. The molecule has 0 bridgehead atoms. The fourth-order valence-corrected chi connectivity index (χ4v) is 2.28. The first-order chi connectivity index (χ1) is 10.5. The molecule has 0 spiro atoms. The average Bonchev–Trinajstić information content (AvgIpc) is 2.85. The van der Waals surface area contributed by atoms with Crippen molar-refractivity contribution < 1.29 is 14.3 Å². The summed E-state index contributed by atoms with van der Waals surface area (Å²) in [5, 5.41) is 9.99. The van der Waals surface area contributed by atoms with E-state index in [0.29, 0.717) is 23.6 Å². The maximum atomic E-state index is 12.2. The molecule has 22 heavy (non-hydrogen) atoms. The summed E-state index contributed by atoms with van der Waals surface area (Å²) in [4.78, 5) is 12.2. The zero-order valence-corrected chi connectivity index (χ0v) is 13.3. The van der Waals surface area contributed by atoms with Gasteiger partial charge in [0.05, 0.1) is 19.9 Å². The SMILES string of the molecule is COc1cc(OC)cc(C(=O)NCCc2c(C)n[nH]c2C)c1. The van der Waals surface area contributed by atoms with Gasteiger partial charge in [0.2, 0.25) is 0 Å². The number of methoxy groups -OCH3 is 2. The number of aromatic amines is 1. The van der Waals surface area contributed by atoms with E-state index in [2.05, 4.69) is 15.5 Å². The monoisotopic (exact) mass is 303 g/mol. The molecule has 0 fully saturated rings. The van der Waals surface area contributed by atoms with E-state index >= 15 is 0 Å². The van der Waals surface area contributed by atoms with Crippen LogP contribution in [0.25, 0.3) is 0 Å². The Morgan fingerprint density at radius 3 is 2.32 bits per heavy atom. The van der Waals surface area contributed by atoms with Gasteiger partial charge in [-0.05, 0) is 38.0 Å². The van der Waals surface area contributed by atoms with Crippen LogP contribution in [-0.4, -0.2) is 36.9 Å². The second kappa shape index (κ2) is 6.98. The molecule has 0 unspecified atom stereocenters. The van der Waals surface area contributed by atoms with Gasteiger partial charge < -0.3 is 14.8 Å². The van der Waals surface area contributed by atoms with E-state index in [1.807, 2.05) is 13.8 Å². The predicted molar refractivity (Wildman–Crippen MR) is 83.6 cm³/mol. The van der Waals surface area contributed by atoms with E-state index < -0.39 is 0 Å². The molecule has 0 radical (unpaired) electrons. The third kappa shape index (κ3) is 3.58. The van der Waals surface area contributed by atoms with Gasteiger partial charge in [0.1, 0.15) is 11.5 Å². The molecule has 6 nitrogen and oxygen atoms in total. The van der Waals surface area contributed by atoms with Gasteiger partial charge in [0, 0.05) is 23.9 Å². The Kier molecular flexibility index (Phi) is 5.04. The molecule has 2 rings (SSSR count). The third-order valence-electron chi connectivity index (χ3n) is 3.55. The first-order valence-corrected chi connectivity index (χ1v) is 7.07. The van der Waals surface area contributed by atoms with Gasteiger partial charge in [-0.25, -0.2) is 0 Å². The summed E-state index contributed by atoms with van der Waals surface area (Å²) in [5.74, 6) is 1.02. The van der Waals surface area contributed by atoms with E-state index in [0.717, 1.165) is 23.4 Å². The van der Waals surface area contributed by atoms with Crippen LogP contribution in [0.4, 0.5) is 0 Å². The van der Waals surface area contributed by atoms with Crippen LogP contribution in [0, 0.1) is 13.8 Å². The second-order valence-electron chi connectivity index (χ2n) is 5.02. The quantitative estimate of drug-likeness (QED) is 0.856. The summed E-state index contributed by atoms with van der Waals surface area (Å²) in [7, 11) is 3.11. The highest BCUT2D eigenvalue weighted by Gasteiger charge is 2.11. The van der Waals surface area contributed by atoms with Crippen molar-refractivity contribution in [1.82, 2.24) is 15.5 Å². The van der Waals surface area contributed by atoms with Crippen molar-refractivity contribution in [1.29, 1.82) is 0 Å². The maximum Gasteiger partial charge on any atom is 0.251 e. The average molecular weight is 303 g/mol. The number of hydrogen-bond donors (Lipinski definition) is 2. The number of carbonyl (C=O) groups excluding carboxylic acids is 1. The molecule has 0 aliphatic rings. The van der Waals surface area contributed by atoms with Crippen LogP contribution in [0.1, 0.15) is 27.3 Å². The van der Waals surface area contributed by atoms with Gasteiger partial charge in [-0.3, -0.25) is 9.89 Å². The standard InChI is InChI=1S/C16H21N3O3/c1-10-15(11(2)19-18-10)5-6-17-16(20)12-7-13(21-3)9-14(8-12)22-4/h7-9H,5-6H2,1-4H3,(H,17,20)(H,18,19). The van der Waals surface area contributed by atoms with Crippen LogP contribution in [0.15, 0.2) is 18.2 Å². The molecule has 6 heteroatoms. The fraction of sp³-hybridized carbons (Fsp3) is 0.375. The number of aromatic nitrogens is 2. The number of H-pyrrole nitrogens is 1. The van der Waals surface area contributed by atoms with Crippen molar-refractivity contribution in [3.8, 4) is 11.5 Å². The molecule has 1 aromatic carbocycles. The number of amides is 1. The fourth-order valence-electron chi connectivity index (χ4n) is 2.28. The number of hydrogen-bond acceptors (Lipinski definition) is 4. The van der Waals surface area contributed by atoms with Crippen LogP contribution < -0.4 is 14.8 Å². The van der Waals surface area contributed by atoms with Crippen molar-refractivity contribution in [3.05, 3.63) is 40.7 Å². The summed E-state index contributed by atoms with van der Waals surface area (Å²) in [6.07, 6.45) is 0.737. The van der Waals surface area contributed by atoms with E-state index in [-0.39, 0.29) is 5.91 Å². The molecule has 0 saturated carbocycles. The topological polar surface area (TPSA) is 76.2 Å². The number of aryl methyl sites for hydroxylation is 2. The van der Waals surface area contributed by atoms with Crippen LogP contribution in [0.5, 0.6) is 11.5 Å². The summed E-state index contributed by atoms with van der Waals surface area (Å²) >= 11 is 0. The molecular weight excluding hydrogens is 282 g/mol. The van der Waals surface area contributed by atoms with Gasteiger partial charge in [0.25, 0.3) is 5.91 Å². The molecular formula is C16H21N3O3. The minimum Gasteiger partial charge on any atom is -0.497 e. The lowest BCUT2D eigenvalue weighted by Crippen LogP contribution is -2.26. The summed E-state index contributed by atoms with van der Waals surface area (Å²) in [6, 6.07) is 5.10. The molecule has 0 atom stereocenters. The van der Waals surface area contributed by atoms with Crippen molar-refractivity contribution in [2.45, 2.75) is 20.3 Å². The highest BCUT2D eigenvalue weighted by atomic mass is 16.5. The number of nitrogens with zero attached hydrogens (tertiary/aromatic N) is 1. The van der Waals surface area contributed by atoms with E-state index in [1.165, 1.54) is 0 Å². The Labute approximate surface area is 129 Å². The first kappa shape index (κ1) is 15.9. The Balaban J connectivity index is 2.00. The molecule has 2 aromatic rings. The Morgan fingerprint density at radius 2 is 1.82 bits per heavy atom. The molecule has 0 saturated heterocycles. The van der Waals surface area contributed by atoms with Crippen molar-refractivity contribution in [2.24, 2.45) is 0 Å². The lowest BCUT2D eigenvalue weighted by Gasteiger charge is -2.09. The molecule has 2 N–H and O–H groups in total. The largest absolute Gasteiger partial charge is 0.497 e. The second-order valence-corrected chi connectivity index (χ2v) is 5.02.